The Hall–Kier alpha value is -1.26. The van der Waals surface area contributed by atoms with Gasteiger partial charge in [-0.05, 0) is 31.0 Å². The van der Waals surface area contributed by atoms with E-state index in [4.69, 9.17) is 20.8 Å². The summed E-state index contributed by atoms with van der Waals surface area (Å²) in [6, 6.07) is 5.69. The molecule has 2 aromatic rings. The highest BCUT2D eigenvalue weighted by Gasteiger charge is 2.29. The van der Waals surface area contributed by atoms with E-state index in [1.54, 1.807) is 7.05 Å². The topological polar surface area (TPSA) is 44.4 Å². The number of hydrogen-bond acceptors (Lipinski definition) is 3. The van der Waals surface area contributed by atoms with Gasteiger partial charge < -0.3 is 9.15 Å². The van der Waals surface area contributed by atoms with Crippen molar-refractivity contribution in [1.82, 2.24) is 4.57 Å². The first-order chi connectivity index (χ1) is 9.06. The van der Waals surface area contributed by atoms with E-state index in [-0.39, 0.29) is 17.2 Å². The molecule has 1 aliphatic rings. The molecule has 4 nitrogen and oxygen atoms in total. The van der Waals surface area contributed by atoms with Crippen LogP contribution in [0.2, 0.25) is 0 Å². The highest BCUT2D eigenvalue weighted by atomic mass is 35.5. The molecule has 3 atom stereocenters. The maximum absolute atomic E-state index is 11.5. The van der Waals surface area contributed by atoms with Gasteiger partial charge in [0.1, 0.15) is 0 Å². The van der Waals surface area contributed by atoms with Gasteiger partial charge in [-0.3, -0.25) is 4.57 Å². The van der Waals surface area contributed by atoms with Crippen molar-refractivity contribution in [2.24, 2.45) is 13.0 Å². The lowest BCUT2D eigenvalue weighted by molar-refractivity contribution is 0.120. The van der Waals surface area contributed by atoms with Gasteiger partial charge in [0, 0.05) is 13.0 Å². The third kappa shape index (κ3) is 2.19. The van der Waals surface area contributed by atoms with E-state index in [1.165, 1.54) is 4.57 Å². The Kier molecular flexibility index (Phi) is 3.15. The second-order valence-electron chi connectivity index (χ2n) is 5.20. The maximum atomic E-state index is 11.5. The second kappa shape index (κ2) is 4.69. The normalized spacial score (nSPS) is 25.0. The van der Waals surface area contributed by atoms with Gasteiger partial charge in [0.15, 0.2) is 5.58 Å². The molecular weight excluding hydrogens is 266 g/mol. The summed E-state index contributed by atoms with van der Waals surface area (Å²) in [6.45, 7) is 2.75. The first-order valence-electron chi connectivity index (χ1n) is 6.41. The largest absolute Gasteiger partial charge is 0.419 e. The quantitative estimate of drug-likeness (QED) is 0.795. The minimum Gasteiger partial charge on any atom is -0.408 e. The van der Waals surface area contributed by atoms with Gasteiger partial charge in [-0.2, -0.15) is 0 Å². The monoisotopic (exact) mass is 281 g/mol. The molecule has 0 radical (unpaired) electrons. The average molecular weight is 282 g/mol. The van der Waals surface area contributed by atoms with Gasteiger partial charge in [-0.25, -0.2) is 4.79 Å². The number of rotatable bonds is 2. The average Bonchev–Trinajstić information content (AvgIpc) is 2.94. The predicted molar refractivity (Wildman–Crippen MR) is 73.6 cm³/mol. The molecule has 0 amide bonds. The maximum Gasteiger partial charge on any atom is 0.419 e. The summed E-state index contributed by atoms with van der Waals surface area (Å²) in [6.07, 6.45) is 1.23. The number of aromatic nitrogens is 1. The first kappa shape index (κ1) is 12.8. The number of nitrogens with zero attached hydrogens (tertiary/aromatic N) is 1. The van der Waals surface area contributed by atoms with E-state index in [0.29, 0.717) is 18.1 Å². The first-order valence-corrected chi connectivity index (χ1v) is 6.85. The fourth-order valence-corrected chi connectivity index (χ4v) is 2.96. The Labute approximate surface area is 115 Å². The van der Waals surface area contributed by atoms with E-state index >= 15 is 0 Å². The van der Waals surface area contributed by atoms with E-state index in [0.717, 1.165) is 17.5 Å². The van der Waals surface area contributed by atoms with Crippen LogP contribution in [0.5, 0.6) is 0 Å². The van der Waals surface area contributed by atoms with Crippen LogP contribution >= 0.6 is 11.6 Å². The Morgan fingerprint density at radius 2 is 2.26 bits per heavy atom. The van der Waals surface area contributed by atoms with Crippen molar-refractivity contribution in [3.63, 3.8) is 0 Å². The van der Waals surface area contributed by atoms with Gasteiger partial charge in [0.25, 0.3) is 0 Å². The summed E-state index contributed by atoms with van der Waals surface area (Å²) in [5.74, 6) is -0.0411. The van der Waals surface area contributed by atoms with Crippen LogP contribution in [0.15, 0.2) is 27.4 Å². The number of fused-ring (bicyclic) bond motifs is 1. The number of ether oxygens (including phenoxy) is 1. The molecule has 1 aliphatic heterocycles. The molecule has 0 saturated carbocycles. The smallest absolute Gasteiger partial charge is 0.408 e. The third-order valence-electron chi connectivity index (χ3n) is 3.78. The number of benzene rings is 1. The summed E-state index contributed by atoms with van der Waals surface area (Å²) in [5, 5.41) is -0.111. The van der Waals surface area contributed by atoms with E-state index < -0.39 is 0 Å². The standard InChI is InChI=1S/C14H16ClNO3/c1-8-5-10(7-18-8)13(15)9-3-4-11-12(6-9)19-14(17)16(11)2/h3-4,6,8,10,13H,5,7H2,1-2H3. The number of hydrogen-bond donors (Lipinski definition) is 0. The van der Waals surface area contributed by atoms with Gasteiger partial charge in [-0.1, -0.05) is 6.07 Å². The minimum atomic E-state index is -0.351. The van der Waals surface area contributed by atoms with E-state index in [2.05, 4.69) is 6.92 Å². The molecule has 0 bridgehead atoms. The molecule has 2 heterocycles. The second-order valence-corrected chi connectivity index (χ2v) is 5.67. The summed E-state index contributed by atoms with van der Waals surface area (Å²) < 4.78 is 12.2. The lowest BCUT2D eigenvalue weighted by atomic mass is 9.96. The fourth-order valence-electron chi connectivity index (χ4n) is 2.65. The number of aryl methyl sites for hydroxylation is 1. The molecule has 0 spiro atoms. The lowest BCUT2D eigenvalue weighted by Gasteiger charge is -2.15. The molecule has 1 saturated heterocycles. The van der Waals surface area contributed by atoms with Crippen LogP contribution in [0.4, 0.5) is 0 Å². The Bertz CT molecular complexity index is 660. The number of alkyl halides is 1. The molecule has 0 N–H and O–H groups in total. The lowest BCUT2D eigenvalue weighted by Crippen LogP contribution is -2.08. The molecule has 5 heteroatoms. The fraction of sp³-hybridized carbons (Fsp3) is 0.500. The van der Waals surface area contributed by atoms with Crippen LogP contribution < -0.4 is 5.76 Å². The van der Waals surface area contributed by atoms with Crippen molar-refractivity contribution < 1.29 is 9.15 Å². The van der Waals surface area contributed by atoms with Crippen molar-refractivity contribution in [3.8, 4) is 0 Å². The van der Waals surface area contributed by atoms with Crippen LogP contribution in [0.1, 0.15) is 24.3 Å². The van der Waals surface area contributed by atoms with Gasteiger partial charge in [0.05, 0.1) is 23.6 Å². The summed E-state index contributed by atoms with van der Waals surface area (Å²) in [5.41, 5.74) is 2.35. The number of oxazole rings is 1. The highest BCUT2D eigenvalue weighted by Crippen LogP contribution is 2.37. The molecule has 1 aromatic carbocycles. The van der Waals surface area contributed by atoms with Crippen molar-refractivity contribution in [3.05, 3.63) is 34.3 Å². The van der Waals surface area contributed by atoms with Crippen molar-refractivity contribution >= 4 is 22.7 Å². The Morgan fingerprint density at radius 1 is 1.47 bits per heavy atom. The molecule has 1 aromatic heterocycles. The molecule has 0 aliphatic carbocycles. The van der Waals surface area contributed by atoms with Gasteiger partial charge in [-0.15, -0.1) is 11.6 Å². The SMILES string of the molecule is CC1CC(C(Cl)c2ccc3c(c2)oc(=O)n3C)CO1. The van der Waals surface area contributed by atoms with Crippen molar-refractivity contribution in [1.29, 1.82) is 0 Å². The van der Waals surface area contributed by atoms with Crippen LogP contribution in [-0.4, -0.2) is 17.3 Å². The zero-order chi connectivity index (χ0) is 13.6. The zero-order valence-electron chi connectivity index (χ0n) is 10.9. The predicted octanol–water partition coefficient (Wildman–Crippen LogP) is 2.84. The van der Waals surface area contributed by atoms with Crippen LogP contribution in [0.25, 0.3) is 11.1 Å². The summed E-state index contributed by atoms with van der Waals surface area (Å²) in [7, 11) is 1.69. The summed E-state index contributed by atoms with van der Waals surface area (Å²) >= 11 is 6.52. The van der Waals surface area contributed by atoms with E-state index in [1.807, 2.05) is 18.2 Å². The zero-order valence-corrected chi connectivity index (χ0v) is 11.7. The molecule has 3 unspecified atom stereocenters. The molecule has 1 fully saturated rings. The van der Waals surface area contributed by atoms with Crippen LogP contribution in [0, 0.1) is 5.92 Å². The molecule has 102 valence electrons. The Balaban J connectivity index is 1.94. The third-order valence-corrected chi connectivity index (χ3v) is 4.39. The minimum absolute atomic E-state index is 0.111. The number of halogens is 1. The van der Waals surface area contributed by atoms with E-state index in [9.17, 15) is 4.79 Å². The highest BCUT2D eigenvalue weighted by molar-refractivity contribution is 6.21. The molecule has 3 rings (SSSR count). The van der Waals surface area contributed by atoms with Crippen LogP contribution in [-0.2, 0) is 11.8 Å². The van der Waals surface area contributed by atoms with Crippen molar-refractivity contribution in [2.75, 3.05) is 6.61 Å². The van der Waals surface area contributed by atoms with Crippen molar-refractivity contribution in [2.45, 2.75) is 24.8 Å². The van der Waals surface area contributed by atoms with Crippen LogP contribution in [0.3, 0.4) is 0 Å². The molecule has 19 heavy (non-hydrogen) atoms. The summed E-state index contributed by atoms with van der Waals surface area (Å²) in [4.78, 5) is 11.5. The van der Waals surface area contributed by atoms with Gasteiger partial charge >= 0.3 is 5.76 Å². The Morgan fingerprint density at radius 3 is 2.95 bits per heavy atom. The van der Waals surface area contributed by atoms with Gasteiger partial charge in [0.2, 0.25) is 0 Å². The molecular formula is C14H16ClNO3.